The average molecular weight is 326 g/mol. The Balaban J connectivity index is 2.08. The first-order chi connectivity index (χ1) is 10.5. The van der Waals surface area contributed by atoms with Crippen molar-refractivity contribution < 1.29 is 24.2 Å². The molecule has 0 bridgehead atoms. The highest BCUT2D eigenvalue weighted by molar-refractivity contribution is 6.30. The van der Waals surface area contributed by atoms with E-state index in [2.05, 4.69) is 0 Å². The topological polar surface area (TPSA) is 76.1 Å². The molecule has 1 aliphatic rings. The van der Waals surface area contributed by atoms with Crippen molar-refractivity contribution in [2.24, 2.45) is 0 Å². The van der Waals surface area contributed by atoms with Crippen molar-refractivity contribution in [3.63, 3.8) is 0 Å². The van der Waals surface area contributed by atoms with Crippen LogP contribution >= 0.6 is 11.6 Å². The molecule has 1 atom stereocenters. The third-order valence-corrected chi connectivity index (χ3v) is 3.49. The van der Waals surface area contributed by atoms with E-state index in [0.717, 1.165) is 0 Å². The van der Waals surface area contributed by atoms with Crippen molar-refractivity contribution in [2.75, 3.05) is 26.8 Å². The van der Waals surface area contributed by atoms with Crippen molar-refractivity contribution in [3.8, 4) is 5.75 Å². The van der Waals surface area contributed by atoms with Crippen LogP contribution in [0.25, 0.3) is 6.08 Å². The fraction of sp³-hybridized carbons (Fsp3) is 0.333. The molecule has 0 saturated carbocycles. The zero-order chi connectivity index (χ0) is 16.1. The van der Waals surface area contributed by atoms with Crippen LogP contribution in [0, 0.1) is 0 Å². The van der Waals surface area contributed by atoms with Gasteiger partial charge in [-0.3, -0.25) is 4.79 Å². The predicted octanol–water partition coefficient (Wildman–Crippen LogP) is 1.67. The number of rotatable bonds is 4. The lowest BCUT2D eigenvalue weighted by atomic mass is 10.1. The molecule has 1 fully saturated rings. The zero-order valence-electron chi connectivity index (χ0n) is 12.0. The van der Waals surface area contributed by atoms with Crippen molar-refractivity contribution >= 4 is 29.6 Å². The Morgan fingerprint density at radius 2 is 2.27 bits per heavy atom. The van der Waals surface area contributed by atoms with E-state index in [1.165, 1.54) is 18.1 Å². The Hall–Kier alpha value is -2.05. The number of morpholine rings is 1. The molecule has 7 heteroatoms. The summed E-state index contributed by atoms with van der Waals surface area (Å²) in [5, 5.41) is 9.46. The Kier molecular flexibility index (Phi) is 5.41. The monoisotopic (exact) mass is 325 g/mol. The Morgan fingerprint density at radius 3 is 2.95 bits per heavy atom. The number of ether oxygens (including phenoxy) is 2. The number of benzene rings is 1. The SMILES string of the molecule is COc1ccc(Cl)cc1/C=C/C(=O)N1CCOC(C(=O)O)C1. The van der Waals surface area contributed by atoms with Crippen LogP contribution in [0.5, 0.6) is 5.75 Å². The maximum absolute atomic E-state index is 12.1. The molecule has 0 spiro atoms. The van der Waals surface area contributed by atoms with Crippen molar-refractivity contribution in [1.82, 2.24) is 4.90 Å². The molecule has 0 aromatic heterocycles. The minimum atomic E-state index is -1.07. The number of carboxylic acids is 1. The minimum Gasteiger partial charge on any atom is -0.496 e. The van der Waals surface area contributed by atoms with Gasteiger partial charge < -0.3 is 19.5 Å². The van der Waals surface area contributed by atoms with E-state index in [1.807, 2.05) is 0 Å². The number of nitrogens with zero attached hydrogens (tertiary/aromatic N) is 1. The van der Waals surface area contributed by atoms with Crippen molar-refractivity contribution in [2.45, 2.75) is 6.10 Å². The summed E-state index contributed by atoms with van der Waals surface area (Å²) in [6.07, 6.45) is 1.99. The number of carboxylic acid groups (broad SMARTS) is 1. The fourth-order valence-electron chi connectivity index (χ4n) is 2.10. The van der Waals surface area contributed by atoms with Gasteiger partial charge in [0.15, 0.2) is 6.10 Å². The Bertz CT molecular complexity index is 602. The van der Waals surface area contributed by atoms with E-state index >= 15 is 0 Å². The molecular formula is C15H16ClNO5. The number of carbonyl (C=O) groups is 2. The fourth-order valence-corrected chi connectivity index (χ4v) is 2.28. The van der Waals surface area contributed by atoms with Crippen molar-refractivity contribution in [1.29, 1.82) is 0 Å². The zero-order valence-corrected chi connectivity index (χ0v) is 12.7. The van der Waals surface area contributed by atoms with Gasteiger partial charge in [-0.05, 0) is 24.3 Å². The maximum atomic E-state index is 12.1. The maximum Gasteiger partial charge on any atom is 0.334 e. The summed E-state index contributed by atoms with van der Waals surface area (Å²) in [6, 6.07) is 5.09. The lowest BCUT2D eigenvalue weighted by molar-refractivity contribution is -0.158. The lowest BCUT2D eigenvalue weighted by Crippen LogP contribution is -2.48. The van der Waals surface area contributed by atoms with Gasteiger partial charge in [0.1, 0.15) is 5.75 Å². The molecule has 0 radical (unpaired) electrons. The first-order valence-corrected chi connectivity index (χ1v) is 7.04. The molecule has 6 nitrogen and oxygen atoms in total. The highest BCUT2D eigenvalue weighted by atomic mass is 35.5. The highest BCUT2D eigenvalue weighted by Crippen LogP contribution is 2.23. The van der Waals surface area contributed by atoms with Crippen LogP contribution < -0.4 is 4.74 Å². The molecule has 2 rings (SSSR count). The molecule has 1 saturated heterocycles. The van der Waals surface area contributed by atoms with Crippen LogP contribution in [0.4, 0.5) is 0 Å². The number of aliphatic carboxylic acids is 1. The van der Waals surface area contributed by atoms with Gasteiger partial charge in [-0.15, -0.1) is 0 Å². The number of carbonyl (C=O) groups excluding carboxylic acids is 1. The van der Waals surface area contributed by atoms with E-state index in [9.17, 15) is 9.59 Å². The molecule has 22 heavy (non-hydrogen) atoms. The van der Waals surface area contributed by atoms with E-state index in [4.69, 9.17) is 26.2 Å². The Labute approximate surface area is 132 Å². The molecular weight excluding hydrogens is 310 g/mol. The molecule has 1 aliphatic heterocycles. The number of hydrogen-bond donors (Lipinski definition) is 1. The summed E-state index contributed by atoms with van der Waals surface area (Å²) in [5.74, 6) is -0.756. The summed E-state index contributed by atoms with van der Waals surface area (Å²) in [4.78, 5) is 24.5. The molecule has 118 valence electrons. The van der Waals surface area contributed by atoms with Gasteiger partial charge in [0.2, 0.25) is 5.91 Å². The van der Waals surface area contributed by atoms with Crippen molar-refractivity contribution in [3.05, 3.63) is 34.9 Å². The number of halogens is 1. The van der Waals surface area contributed by atoms with Gasteiger partial charge in [0.05, 0.1) is 20.3 Å². The molecule has 1 amide bonds. The summed E-state index contributed by atoms with van der Waals surface area (Å²) in [6.45, 7) is 0.599. The van der Waals surface area contributed by atoms with Crippen LogP contribution in [-0.4, -0.2) is 54.8 Å². The molecule has 1 heterocycles. The van der Waals surface area contributed by atoms with Crippen LogP contribution in [0.15, 0.2) is 24.3 Å². The first kappa shape index (κ1) is 16.3. The standard InChI is InChI=1S/C15H16ClNO5/c1-21-12-4-3-11(16)8-10(12)2-5-14(18)17-6-7-22-13(9-17)15(19)20/h2-5,8,13H,6-7,9H2,1H3,(H,19,20)/b5-2+. The first-order valence-electron chi connectivity index (χ1n) is 6.66. The number of amides is 1. The largest absolute Gasteiger partial charge is 0.496 e. The summed E-state index contributed by atoms with van der Waals surface area (Å²) >= 11 is 5.93. The second-order valence-corrected chi connectivity index (χ2v) is 5.14. The molecule has 1 aromatic carbocycles. The smallest absolute Gasteiger partial charge is 0.334 e. The normalized spacial score (nSPS) is 18.5. The quantitative estimate of drug-likeness (QED) is 0.852. The van der Waals surface area contributed by atoms with Gasteiger partial charge in [0, 0.05) is 23.2 Å². The summed E-state index contributed by atoms with van der Waals surface area (Å²) in [5.41, 5.74) is 0.673. The van der Waals surface area contributed by atoms with Crippen LogP contribution in [0.1, 0.15) is 5.56 Å². The number of methoxy groups -OCH3 is 1. The molecule has 1 aromatic rings. The molecule has 1 unspecified atom stereocenters. The van der Waals surface area contributed by atoms with Gasteiger partial charge in [-0.25, -0.2) is 4.79 Å². The average Bonchev–Trinajstić information content (AvgIpc) is 2.52. The van der Waals surface area contributed by atoms with E-state index in [-0.39, 0.29) is 19.1 Å². The van der Waals surface area contributed by atoms with Gasteiger partial charge in [0.25, 0.3) is 0 Å². The van der Waals surface area contributed by atoms with Crippen LogP contribution in [0.2, 0.25) is 5.02 Å². The summed E-state index contributed by atoms with van der Waals surface area (Å²) in [7, 11) is 1.53. The third kappa shape index (κ3) is 3.99. The van der Waals surface area contributed by atoms with E-state index < -0.39 is 12.1 Å². The van der Waals surface area contributed by atoms with E-state index in [1.54, 1.807) is 24.3 Å². The van der Waals surface area contributed by atoms with Crippen LogP contribution in [-0.2, 0) is 14.3 Å². The minimum absolute atomic E-state index is 0.0329. The summed E-state index contributed by atoms with van der Waals surface area (Å²) < 4.78 is 10.3. The van der Waals surface area contributed by atoms with Gasteiger partial charge in [-0.1, -0.05) is 11.6 Å². The predicted molar refractivity (Wildman–Crippen MR) is 81.0 cm³/mol. The van der Waals surface area contributed by atoms with Crippen LogP contribution in [0.3, 0.4) is 0 Å². The second-order valence-electron chi connectivity index (χ2n) is 4.70. The van der Waals surface area contributed by atoms with Gasteiger partial charge in [-0.2, -0.15) is 0 Å². The molecule has 1 N–H and O–H groups in total. The molecule has 0 aliphatic carbocycles. The second kappa shape index (κ2) is 7.29. The number of hydrogen-bond acceptors (Lipinski definition) is 4. The third-order valence-electron chi connectivity index (χ3n) is 3.25. The lowest BCUT2D eigenvalue weighted by Gasteiger charge is -2.30. The van der Waals surface area contributed by atoms with E-state index in [0.29, 0.717) is 22.9 Å². The Morgan fingerprint density at radius 1 is 1.50 bits per heavy atom. The highest BCUT2D eigenvalue weighted by Gasteiger charge is 2.27. The van der Waals surface area contributed by atoms with Gasteiger partial charge >= 0.3 is 5.97 Å².